The average molecular weight is 444 g/mol. The highest BCUT2D eigenvalue weighted by molar-refractivity contribution is 6.51. The van der Waals surface area contributed by atoms with Gasteiger partial charge in [-0.2, -0.15) is 0 Å². The number of carbonyl (C=O) groups excluding carboxylic acids is 2. The molecular weight excluding hydrogens is 418 g/mol. The Morgan fingerprint density at radius 2 is 1.67 bits per heavy atom. The number of aromatic nitrogens is 1. The number of nitrogens with zero attached hydrogens (tertiary/aromatic N) is 2. The lowest BCUT2D eigenvalue weighted by Crippen LogP contribution is -2.40. The molecule has 3 aromatic rings. The van der Waals surface area contributed by atoms with Crippen LogP contribution in [0.3, 0.4) is 0 Å². The predicted octanol–water partition coefficient (Wildman–Crippen LogP) is 4.76. The van der Waals surface area contributed by atoms with Crippen LogP contribution >= 0.6 is 0 Å². The number of nitrogens with two attached hydrogens (primary N) is 1. The molecule has 1 amide bonds. The van der Waals surface area contributed by atoms with Crippen LogP contribution in [0, 0.1) is 5.92 Å². The van der Waals surface area contributed by atoms with Crippen molar-refractivity contribution < 1.29 is 19.2 Å². The zero-order valence-electron chi connectivity index (χ0n) is 18.1. The molecule has 5 rings (SSSR count). The van der Waals surface area contributed by atoms with Gasteiger partial charge in [0, 0.05) is 28.6 Å². The first kappa shape index (κ1) is 21.0. The monoisotopic (exact) mass is 443 g/mol. The van der Waals surface area contributed by atoms with E-state index in [4.69, 9.17) is 10.3 Å². The third-order valence-electron chi connectivity index (χ3n) is 6.65. The maximum Gasteiger partial charge on any atom is 0.299 e. The highest BCUT2D eigenvalue weighted by atomic mass is 16.5. The minimum absolute atomic E-state index is 0.0929. The SMILES string of the molecule is Nc1ccc(C(O)=C2C(=O)C(=O)N(c3ccc(-c4ccon4)cc3)C2C2CCCCC2)cc1. The second-order valence-corrected chi connectivity index (χ2v) is 8.66. The van der Waals surface area contributed by atoms with Crippen LogP contribution in [0.15, 0.2) is 71.0 Å². The molecular formula is C26H25N3O4. The van der Waals surface area contributed by atoms with Crippen molar-refractivity contribution in [2.75, 3.05) is 10.6 Å². The normalized spacial score (nSPS) is 21.0. The summed E-state index contributed by atoms with van der Waals surface area (Å²) in [6.07, 6.45) is 6.52. The fourth-order valence-corrected chi connectivity index (χ4v) is 4.99. The van der Waals surface area contributed by atoms with Gasteiger partial charge >= 0.3 is 0 Å². The van der Waals surface area contributed by atoms with Gasteiger partial charge in [-0.3, -0.25) is 14.5 Å². The quantitative estimate of drug-likeness (QED) is 0.260. The Kier molecular flexibility index (Phi) is 5.46. The Morgan fingerprint density at radius 3 is 2.30 bits per heavy atom. The van der Waals surface area contributed by atoms with E-state index in [1.54, 1.807) is 35.2 Å². The van der Waals surface area contributed by atoms with E-state index in [1.807, 2.05) is 24.3 Å². The largest absolute Gasteiger partial charge is 0.507 e. The lowest BCUT2D eigenvalue weighted by Gasteiger charge is -2.34. The van der Waals surface area contributed by atoms with Crippen molar-refractivity contribution in [3.63, 3.8) is 0 Å². The summed E-state index contributed by atoms with van der Waals surface area (Å²) in [7, 11) is 0. The Hall–Kier alpha value is -3.87. The number of amides is 1. The van der Waals surface area contributed by atoms with Crippen molar-refractivity contribution in [2.24, 2.45) is 5.92 Å². The summed E-state index contributed by atoms with van der Waals surface area (Å²) in [4.78, 5) is 28.0. The molecule has 1 unspecified atom stereocenters. The van der Waals surface area contributed by atoms with E-state index in [2.05, 4.69) is 5.16 Å². The highest BCUT2D eigenvalue weighted by Gasteiger charge is 2.49. The van der Waals surface area contributed by atoms with Crippen molar-refractivity contribution in [3.8, 4) is 11.3 Å². The van der Waals surface area contributed by atoms with Crippen molar-refractivity contribution >= 4 is 28.8 Å². The molecule has 2 heterocycles. The van der Waals surface area contributed by atoms with Gasteiger partial charge in [0.15, 0.2) is 0 Å². The van der Waals surface area contributed by atoms with Crippen molar-refractivity contribution in [1.29, 1.82) is 0 Å². The molecule has 0 spiro atoms. The number of aliphatic hydroxyl groups is 1. The molecule has 7 nitrogen and oxygen atoms in total. The number of nitrogen functional groups attached to an aromatic ring is 1. The molecule has 2 aliphatic rings. The second-order valence-electron chi connectivity index (χ2n) is 8.66. The summed E-state index contributed by atoms with van der Waals surface area (Å²) in [6, 6.07) is 15.3. The Balaban J connectivity index is 1.59. The van der Waals surface area contributed by atoms with E-state index < -0.39 is 17.7 Å². The average Bonchev–Trinajstić information content (AvgIpc) is 3.47. The summed E-state index contributed by atoms with van der Waals surface area (Å²) < 4.78 is 4.92. The molecule has 1 atom stereocenters. The molecule has 1 aromatic heterocycles. The van der Waals surface area contributed by atoms with E-state index in [-0.39, 0.29) is 17.3 Å². The van der Waals surface area contributed by atoms with E-state index in [0.717, 1.165) is 37.7 Å². The summed E-state index contributed by atoms with van der Waals surface area (Å²) in [5, 5.41) is 15.1. The standard InChI is InChI=1S/C26H25N3O4/c27-19-10-6-18(7-11-19)24(30)22-23(17-4-2-1-3-5-17)29(26(32)25(22)31)20-12-8-16(9-13-20)21-14-15-33-28-21/h6-15,17,23,30H,1-5,27H2. The van der Waals surface area contributed by atoms with Gasteiger partial charge in [-0.15, -0.1) is 0 Å². The Morgan fingerprint density at radius 1 is 0.970 bits per heavy atom. The van der Waals surface area contributed by atoms with Gasteiger partial charge in [-0.05, 0) is 55.2 Å². The molecule has 1 saturated heterocycles. The Bertz CT molecular complexity index is 1190. The smallest absolute Gasteiger partial charge is 0.299 e. The number of hydrogen-bond acceptors (Lipinski definition) is 6. The van der Waals surface area contributed by atoms with Gasteiger partial charge in [-0.1, -0.05) is 36.6 Å². The minimum atomic E-state index is -0.652. The number of carbonyl (C=O) groups is 2. The molecule has 1 aliphatic heterocycles. The topological polar surface area (TPSA) is 110 Å². The van der Waals surface area contributed by atoms with Crippen molar-refractivity contribution in [2.45, 2.75) is 38.1 Å². The van der Waals surface area contributed by atoms with Crippen LogP contribution in [0.25, 0.3) is 17.0 Å². The van der Waals surface area contributed by atoms with Gasteiger partial charge < -0.3 is 15.4 Å². The maximum atomic E-state index is 13.3. The van der Waals surface area contributed by atoms with Crippen LogP contribution in [0.2, 0.25) is 0 Å². The van der Waals surface area contributed by atoms with Crippen LogP contribution < -0.4 is 10.6 Å². The fraction of sp³-hybridized carbons (Fsp3) is 0.269. The lowest BCUT2D eigenvalue weighted by molar-refractivity contribution is -0.132. The lowest BCUT2D eigenvalue weighted by atomic mass is 9.80. The van der Waals surface area contributed by atoms with Gasteiger partial charge in [-0.25, -0.2) is 0 Å². The number of benzene rings is 2. The number of hydrogen-bond donors (Lipinski definition) is 2. The fourth-order valence-electron chi connectivity index (χ4n) is 4.99. The van der Waals surface area contributed by atoms with Gasteiger partial charge in [0.2, 0.25) is 0 Å². The molecule has 2 fully saturated rings. The summed E-state index contributed by atoms with van der Waals surface area (Å²) in [5.74, 6) is -1.32. The molecule has 1 saturated carbocycles. The third kappa shape index (κ3) is 3.80. The van der Waals surface area contributed by atoms with Crippen LogP contribution in [-0.2, 0) is 9.59 Å². The number of aliphatic hydroxyl groups excluding tert-OH is 1. The highest BCUT2D eigenvalue weighted by Crippen LogP contribution is 2.41. The first-order chi connectivity index (χ1) is 16.0. The molecule has 168 valence electrons. The molecule has 0 radical (unpaired) electrons. The molecule has 0 bridgehead atoms. The number of anilines is 2. The first-order valence-electron chi connectivity index (χ1n) is 11.2. The third-order valence-corrected chi connectivity index (χ3v) is 6.65. The number of ketones is 1. The summed E-state index contributed by atoms with van der Waals surface area (Å²) in [5.41, 5.74) is 9.15. The molecule has 3 N–H and O–H groups in total. The van der Waals surface area contributed by atoms with E-state index >= 15 is 0 Å². The molecule has 1 aliphatic carbocycles. The summed E-state index contributed by atoms with van der Waals surface area (Å²) >= 11 is 0. The molecule has 7 heteroatoms. The van der Waals surface area contributed by atoms with Gasteiger partial charge in [0.05, 0.1) is 11.6 Å². The predicted molar refractivity (Wildman–Crippen MR) is 125 cm³/mol. The van der Waals surface area contributed by atoms with Crippen molar-refractivity contribution in [1.82, 2.24) is 5.16 Å². The van der Waals surface area contributed by atoms with Crippen LogP contribution in [0.5, 0.6) is 0 Å². The first-order valence-corrected chi connectivity index (χ1v) is 11.2. The molecule has 2 aromatic carbocycles. The number of rotatable bonds is 4. The maximum absolute atomic E-state index is 13.3. The zero-order valence-corrected chi connectivity index (χ0v) is 18.1. The van der Waals surface area contributed by atoms with Gasteiger partial charge in [0.1, 0.15) is 17.7 Å². The molecule has 33 heavy (non-hydrogen) atoms. The second kappa shape index (κ2) is 8.58. The number of Topliss-reactive ketones (excluding diaryl/α,β-unsaturated/α-hetero) is 1. The van der Waals surface area contributed by atoms with E-state index in [9.17, 15) is 14.7 Å². The van der Waals surface area contributed by atoms with E-state index in [0.29, 0.717) is 22.6 Å². The van der Waals surface area contributed by atoms with Gasteiger partial charge in [0.25, 0.3) is 11.7 Å². The summed E-state index contributed by atoms with van der Waals surface area (Å²) in [6.45, 7) is 0. The van der Waals surface area contributed by atoms with Crippen LogP contribution in [-0.4, -0.2) is 28.0 Å². The van der Waals surface area contributed by atoms with E-state index in [1.165, 1.54) is 6.26 Å². The zero-order chi connectivity index (χ0) is 22.9. The van der Waals surface area contributed by atoms with Crippen LogP contribution in [0.4, 0.5) is 11.4 Å². The van der Waals surface area contributed by atoms with Crippen LogP contribution in [0.1, 0.15) is 37.7 Å². The Labute approximate surface area is 191 Å². The van der Waals surface area contributed by atoms with Crippen molar-refractivity contribution in [3.05, 3.63) is 72.0 Å². The minimum Gasteiger partial charge on any atom is -0.507 e.